The van der Waals surface area contributed by atoms with E-state index < -0.39 is 0 Å². The van der Waals surface area contributed by atoms with Gasteiger partial charge in [-0.3, -0.25) is 9.69 Å². The molecule has 1 aromatic rings. The summed E-state index contributed by atoms with van der Waals surface area (Å²) in [4.78, 5) is 19.7. The Bertz CT molecular complexity index is 432. The average Bonchev–Trinajstić information content (AvgIpc) is 2.82. The number of carbonyl (C=O) groups is 1. The van der Waals surface area contributed by atoms with Crippen molar-refractivity contribution in [2.75, 3.05) is 11.4 Å². The Morgan fingerprint density at radius 2 is 2.00 bits per heavy atom. The van der Waals surface area contributed by atoms with Crippen LogP contribution in [0.5, 0.6) is 0 Å². The lowest BCUT2D eigenvalue weighted by atomic mass is 10.0. The average molecular weight is 265 g/mol. The summed E-state index contributed by atoms with van der Waals surface area (Å²) in [6.07, 6.45) is 7.76. The van der Waals surface area contributed by atoms with E-state index in [1.54, 1.807) is 16.2 Å². The van der Waals surface area contributed by atoms with Crippen LogP contribution in [0.3, 0.4) is 0 Å². The molecule has 2 heterocycles. The molecule has 0 aromatic carbocycles. The lowest BCUT2D eigenvalue weighted by Gasteiger charge is -2.11. The van der Waals surface area contributed by atoms with Crippen molar-refractivity contribution >= 4 is 22.4 Å². The van der Waals surface area contributed by atoms with E-state index in [0.717, 1.165) is 18.0 Å². The molecule has 3 rings (SSSR count). The van der Waals surface area contributed by atoms with Crippen LogP contribution in [-0.4, -0.2) is 23.5 Å². The van der Waals surface area contributed by atoms with Crippen molar-refractivity contribution in [1.29, 1.82) is 0 Å². The highest BCUT2D eigenvalue weighted by molar-refractivity contribution is 7.16. The molecule has 1 amide bonds. The Kier molecular flexibility index (Phi) is 3.35. The van der Waals surface area contributed by atoms with Gasteiger partial charge in [0.25, 0.3) is 0 Å². The summed E-state index contributed by atoms with van der Waals surface area (Å²) in [5.41, 5.74) is 7.06. The summed E-state index contributed by atoms with van der Waals surface area (Å²) < 4.78 is 0. The van der Waals surface area contributed by atoms with Gasteiger partial charge in [-0.15, -0.1) is 11.3 Å². The van der Waals surface area contributed by atoms with Gasteiger partial charge in [-0.25, -0.2) is 4.98 Å². The molecule has 0 bridgehead atoms. The predicted octanol–water partition coefficient (Wildman–Crippen LogP) is 1.87. The predicted molar refractivity (Wildman–Crippen MR) is 72.9 cm³/mol. The number of aryl methyl sites for hydroxylation is 2. The van der Waals surface area contributed by atoms with E-state index in [0.29, 0.717) is 13.0 Å². The van der Waals surface area contributed by atoms with Crippen molar-refractivity contribution in [2.45, 2.75) is 51.0 Å². The van der Waals surface area contributed by atoms with Crippen molar-refractivity contribution in [3.8, 4) is 0 Å². The molecule has 4 nitrogen and oxygen atoms in total. The Hall–Kier alpha value is -0.940. The molecule has 0 saturated carbocycles. The SMILES string of the molecule is NC1CC(=O)N(c2nc3c(s2)CCCCCC3)C1. The van der Waals surface area contributed by atoms with Gasteiger partial charge < -0.3 is 5.73 Å². The molecule has 1 saturated heterocycles. The van der Waals surface area contributed by atoms with E-state index in [1.807, 2.05) is 0 Å². The lowest BCUT2D eigenvalue weighted by Crippen LogP contribution is -2.27. The molecular weight excluding hydrogens is 246 g/mol. The molecule has 1 atom stereocenters. The van der Waals surface area contributed by atoms with E-state index in [-0.39, 0.29) is 11.9 Å². The molecule has 18 heavy (non-hydrogen) atoms. The minimum atomic E-state index is -0.0241. The van der Waals surface area contributed by atoms with E-state index in [9.17, 15) is 4.79 Å². The first-order chi connectivity index (χ1) is 8.74. The third kappa shape index (κ3) is 2.29. The third-order valence-electron chi connectivity index (χ3n) is 3.72. The van der Waals surface area contributed by atoms with Crippen molar-refractivity contribution in [3.05, 3.63) is 10.6 Å². The second-order valence-corrected chi connectivity index (χ2v) is 6.31. The van der Waals surface area contributed by atoms with Crippen LogP contribution in [0.25, 0.3) is 0 Å². The quantitative estimate of drug-likeness (QED) is 0.843. The normalized spacial score (nSPS) is 24.8. The van der Waals surface area contributed by atoms with E-state index in [1.165, 1.54) is 36.3 Å². The lowest BCUT2D eigenvalue weighted by molar-refractivity contribution is -0.117. The number of hydrogen-bond acceptors (Lipinski definition) is 4. The number of rotatable bonds is 1. The second-order valence-electron chi connectivity index (χ2n) is 5.25. The van der Waals surface area contributed by atoms with Gasteiger partial charge in [0.1, 0.15) is 0 Å². The summed E-state index contributed by atoms with van der Waals surface area (Å²) in [7, 11) is 0. The molecule has 1 unspecified atom stereocenters. The Labute approximate surface area is 111 Å². The Morgan fingerprint density at radius 3 is 2.72 bits per heavy atom. The second kappa shape index (κ2) is 4.97. The fraction of sp³-hybridized carbons (Fsp3) is 0.692. The molecule has 2 aliphatic rings. The zero-order valence-corrected chi connectivity index (χ0v) is 11.3. The number of thiazole rings is 1. The van der Waals surface area contributed by atoms with Crippen molar-refractivity contribution < 1.29 is 4.79 Å². The Balaban J connectivity index is 1.85. The van der Waals surface area contributed by atoms with Gasteiger partial charge in [0, 0.05) is 23.9 Å². The van der Waals surface area contributed by atoms with Gasteiger partial charge in [-0.1, -0.05) is 12.8 Å². The maximum atomic E-state index is 11.8. The van der Waals surface area contributed by atoms with Crippen LogP contribution in [-0.2, 0) is 17.6 Å². The highest BCUT2D eigenvalue weighted by atomic mass is 32.1. The first kappa shape index (κ1) is 12.1. The molecule has 1 aromatic heterocycles. The van der Waals surface area contributed by atoms with Gasteiger partial charge in [0.05, 0.1) is 5.69 Å². The molecule has 5 heteroatoms. The van der Waals surface area contributed by atoms with Gasteiger partial charge in [-0.05, 0) is 25.7 Å². The van der Waals surface area contributed by atoms with E-state index >= 15 is 0 Å². The molecule has 98 valence electrons. The summed E-state index contributed by atoms with van der Waals surface area (Å²) in [6.45, 7) is 0.630. The van der Waals surface area contributed by atoms with Crippen LogP contribution in [0.2, 0.25) is 0 Å². The summed E-state index contributed by atoms with van der Waals surface area (Å²) in [5.74, 6) is 0.129. The fourth-order valence-electron chi connectivity index (χ4n) is 2.73. The molecule has 1 aliphatic heterocycles. The number of hydrogen-bond donors (Lipinski definition) is 1. The largest absolute Gasteiger partial charge is 0.326 e. The molecular formula is C13H19N3OS. The zero-order valence-electron chi connectivity index (χ0n) is 10.5. The zero-order chi connectivity index (χ0) is 12.5. The van der Waals surface area contributed by atoms with Crippen LogP contribution in [0.4, 0.5) is 5.13 Å². The molecule has 0 radical (unpaired) electrons. The Morgan fingerprint density at radius 1 is 1.22 bits per heavy atom. The maximum absolute atomic E-state index is 11.8. The topological polar surface area (TPSA) is 59.2 Å². The first-order valence-electron chi connectivity index (χ1n) is 6.78. The molecule has 1 aliphatic carbocycles. The van der Waals surface area contributed by atoms with Crippen LogP contribution in [0.15, 0.2) is 0 Å². The van der Waals surface area contributed by atoms with Crippen LogP contribution in [0, 0.1) is 0 Å². The monoisotopic (exact) mass is 265 g/mol. The van der Waals surface area contributed by atoms with Crippen molar-refractivity contribution in [1.82, 2.24) is 4.98 Å². The number of nitrogens with two attached hydrogens (primary N) is 1. The van der Waals surface area contributed by atoms with Crippen LogP contribution < -0.4 is 10.6 Å². The van der Waals surface area contributed by atoms with Crippen molar-refractivity contribution in [3.63, 3.8) is 0 Å². The van der Waals surface area contributed by atoms with Crippen LogP contribution >= 0.6 is 11.3 Å². The molecule has 0 spiro atoms. The number of amides is 1. The van der Waals surface area contributed by atoms with Crippen molar-refractivity contribution in [2.24, 2.45) is 5.73 Å². The van der Waals surface area contributed by atoms with Gasteiger partial charge in [0.2, 0.25) is 5.91 Å². The number of fused-ring (bicyclic) bond motifs is 1. The highest BCUT2D eigenvalue weighted by Gasteiger charge is 2.30. The number of anilines is 1. The minimum absolute atomic E-state index is 0.0241. The molecule has 1 fully saturated rings. The standard InChI is InChI=1S/C13H19N3OS/c14-9-7-12(17)16(8-9)13-15-10-5-3-1-2-4-6-11(10)18-13/h9H,1-8,14H2. The first-order valence-corrected chi connectivity index (χ1v) is 7.60. The van der Waals surface area contributed by atoms with E-state index in [4.69, 9.17) is 5.73 Å². The van der Waals surface area contributed by atoms with Gasteiger partial charge in [0.15, 0.2) is 5.13 Å². The summed E-state index contributed by atoms with van der Waals surface area (Å²) >= 11 is 1.70. The van der Waals surface area contributed by atoms with E-state index in [2.05, 4.69) is 4.98 Å². The number of aromatic nitrogens is 1. The third-order valence-corrected chi connectivity index (χ3v) is 4.90. The highest BCUT2D eigenvalue weighted by Crippen LogP contribution is 2.32. The van der Waals surface area contributed by atoms with Gasteiger partial charge >= 0.3 is 0 Å². The maximum Gasteiger partial charge on any atom is 0.230 e. The fourth-order valence-corrected chi connectivity index (χ4v) is 3.90. The summed E-state index contributed by atoms with van der Waals surface area (Å²) in [6, 6.07) is -0.0241. The number of carbonyl (C=O) groups excluding carboxylic acids is 1. The molecule has 2 N–H and O–H groups in total. The van der Waals surface area contributed by atoms with Gasteiger partial charge in [-0.2, -0.15) is 0 Å². The minimum Gasteiger partial charge on any atom is -0.326 e. The smallest absolute Gasteiger partial charge is 0.230 e. The summed E-state index contributed by atoms with van der Waals surface area (Å²) in [5, 5.41) is 0.875. The van der Waals surface area contributed by atoms with Crippen LogP contribution in [0.1, 0.15) is 42.7 Å². The number of nitrogens with zero attached hydrogens (tertiary/aromatic N) is 2.